The first-order chi connectivity index (χ1) is 6.69. The Morgan fingerprint density at radius 1 is 1.43 bits per heavy atom. The Hall–Kier alpha value is -1.55. The number of hydrogen-bond acceptors (Lipinski definition) is 2. The van der Waals surface area contributed by atoms with E-state index >= 15 is 0 Å². The highest BCUT2D eigenvalue weighted by Gasteiger charge is 2.12. The average molecular weight is 213 g/mol. The first-order valence-corrected chi connectivity index (χ1v) is 4.28. The first kappa shape index (κ1) is 10.5. The zero-order valence-electron chi connectivity index (χ0n) is 7.53. The van der Waals surface area contributed by atoms with Crippen molar-refractivity contribution in [2.24, 2.45) is 0 Å². The van der Waals surface area contributed by atoms with Crippen LogP contribution in [0.5, 0.6) is 0 Å². The van der Waals surface area contributed by atoms with Crippen molar-refractivity contribution in [3.05, 3.63) is 29.3 Å². The Labute approximate surface area is 86.5 Å². The van der Waals surface area contributed by atoms with Gasteiger partial charge in [-0.2, -0.15) is 0 Å². The second-order valence-electron chi connectivity index (χ2n) is 2.51. The fourth-order valence-corrected chi connectivity index (χ4v) is 1.07. The Kier molecular flexibility index (Phi) is 3.48. The van der Waals surface area contributed by atoms with E-state index in [0.29, 0.717) is 17.1 Å². The van der Waals surface area contributed by atoms with Gasteiger partial charge in [-0.25, -0.2) is 9.69 Å². The molecular formula is C9H9ClN2O2. The summed E-state index contributed by atoms with van der Waals surface area (Å²) in [5, 5.41) is 2.90. The van der Waals surface area contributed by atoms with Crippen molar-refractivity contribution in [2.75, 3.05) is 11.9 Å². The van der Waals surface area contributed by atoms with Crippen LogP contribution in [-0.4, -0.2) is 19.5 Å². The van der Waals surface area contributed by atoms with Gasteiger partial charge in [0, 0.05) is 12.1 Å². The lowest BCUT2D eigenvalue weighted by Crippen LogP contribution is -2.36. The molecule has 1 aromatic rings. The molecule has 0 radical (unpaired) electrons. The second-order valence-corrected chi connectivity index (χ2v) is 2.94. The normalized spacial score (nSPS) is 9.29. The zero-order valence-corrected chi connectivity index (χ0v) is 8.28. The van der Waals surface area contributed by atoms with E-state index in [0.717, 1.165) is 4.90 Å². The molecule has 0 aliphatic rings. The van der Waals surface area contributed by atoms with Crippen molar-refractivity contribution >= 4 is 29.7 Å². The van der Waals surface area contributed by atoms with Crippen LogP contribution in [0, 0.1) is 0 Å². The van der Waals surface area contributed by atoms with Gasteiger partial charge in [0.15, 0.2) is 0 Å². The predicted molar refractivity (Wildman–Crippen MR) is 54.5 cm³/mol. The number of amides is 3. The van der Waals surface area contributed by atoms with Crippen LogP contribution in [0.4, 0.5) is 10.5 Å². The molecule has 1 rings (SSSR count). The maximum absolute atomic E-state index is 11.2. The van der Waals surface area contributed by atoms with E-state index in [9.17, 15) is 9.59 Å². The molecule has 0 bridgehead atoms. The number of carbonyl (C=O) groups is 2. The second kappa shape index (κ2) is 4.62. The third kappa shape index (κ3) is 2.23. The Balaban J connectivity index is 2.95. The van der Waals surface area contributed by atoms with Crippen LogP contribution < -0.4 is 10.2 Å². The maximum atomic E-state index is 11.2. The highest BCUT2D eigenvalue weighted by molar-refractivity contribution is 6.30. The summed E-state index contributed by atoms with van der Waals surface area (Å²) in [5.74, 6) is 0. The molecule has 0 saturated heterocycles. The van der Waals surface area contributed by atoms with Gasteiger partial charge in [-0.05, 0) is 24.3 Å². The third-order valence-corrected chi connectivity index (χ3v) is 1.89. The summed E-state index contributed by atoms with van der Waals surface area (Å²) in [6, 6.07) is 5.91. The van der Waals surface area contributed by atoms with Crippen LogP contribution in [0.3, 0.4) is 0 Å². The molecule has 74 valence electrons. The Morgan fingerprint density at radius 2 is 2.00 bits per heavy atom. The molecule has 0 aromatic heterocycles. The lowest BCUT2D eigenvalue weighted by molar-refractivity contribution is -0.106. The van der Waals surface area contributed by atoms with Crippen molar-refractivity contribution in [1.82, 2.24) is 5.32 Å². The number of nitrogens with one attached hydrogen (secondary N) is 1. The molecule has 4 nitrogen and oxygen atoms in total. The number of urea groups is 1. The van der Waals surface area contributed by atoms with Gasteiger partial charge in [-0.15, -0.1) is 0 Å². The molecule has 0 heterocycles. The van der Waals surface area contributed by atoms with Crippen molar-refractivity contribution in [2.45, 2.75) is 0 Å². The van der Waals surface area contributed by atoms with Crippen LogP contribution >= 0.6 is 11.6 Å². The summed E-state index contributed by atoms with van der Waals surface area (Å²) in [6.45, 7) is 0. The SMILES string of the molecule is CNC(=O)N(C=O)c1ccc(Cl)cc1. The van der Waals surface area contributed by atoms with E-state index in [1.807, 2.05) is 0 Å². The van der Waals surface area contributed by atoms with Crippen molar-refractivity contribution in [3.63, 3.8) is 0 Å². The van der Waals surface area contributed by atoms with Crippen LogP contribution in [0.2, 0.25) is 5.02 Å². The number of nitrogens with zero attached hydrogens (tertiary/aromatic N) is 1. The van der Waals surface area contributed by atoms with E-state index in [1.165, 1.54) is 7.05 Å². The van der Waals surface area contributed by atoms with E-state index in [1.54, 1.807) is 24.3 Å². The van der Waals surface area contributed by atoms with Crippen molar-refractivity contribution in [1.29, 1.82) is 0 Å². The van der Waals surface area contributed by atoms with Crippen LogP contribution in [-0.2, 0) is 4.79 Å². The van der Waals surface area contributed by atoms with E-state index in [4.69, 9.17) is 11.6 Å². The highest BCUT2D eigenvalue weighted by Crippen LogP contribution is 2.16. The topological polar surface area (TPSA) is 49.4 Å². The minimum absolute atomic E-state index is 0.446. The lowest BCUT2D eigenvalue weighted by atomic mass is 10.3. The summed E-state index contributed by atoms with van der Waals surface area (Å²) >= 11 is 5.67. The Bertz CT molecular complexity index is 337. The quantitative estimate of drug-likeness (QED) is 0.758. The molecule has 5 heteroatoms. The number of carbonyl (C=O) groups excluding carboxylic acids is 2. The molecule has 0 spiro atoms. The largest absolute Gasteiger partial charge is 0.340 e. The third-order valence-electron chi connectivity index (χ3n) is 1.64. The molecule has 0 aliphatic heterocycles. The van der Waals surface area contributed by atoms with Crippen molar-refractivity contribution in [3.8, 4) is 0 Å². The smallest absolute Gasteiger partial charge is 0.328 e. The minimum atomic E-state index is -0.484. The van der Waals surface area contributed by atoms with Gasteiger partial charge in [0.05, 0.1) is 5.69 Å². The van der Waals surface area contributed by atoms with Crippen LogP contribution in [0.15, 0.2) is 24.3 Å². The maximum Gasteiger partial charge on any atom is 0.328 e. The number of halogens is 1. The molecule has 0 aliphatic carbocycles. The first-order valence-electron chi connectivity index (χ1n) is 3.91. The van der Waals surface area contributed by atoms with Gasteiger partial charge in [0.2, 0.25) is 6.41 Å². The van der Waals surface area contributed by atoms with E-state index in [2.05, 4.69) is 5.32 Å². The minimum Gasteiger partial charge on any atom is -0.340 e. The van der Waals surface area contributed by atoms with E-state index in [-0.39, 0.29) is 0 Å². The summed E-state index contributed by atoms with van der Waals surface area (Å²) in [6.07, 6.45) is 0.446. The molecule has 0 fully saturated rings. The fourth-order valence-electron chi connectivity index (χ4n) is 0.948. The number of imide groups is 1. The van der Waals surface area contributed by atoms with Crippen LogP contribution in [0.1, 0.15) is 0 Å². The molecule has 0 saturated carbocycles. The summed E-state index contributed by atoms with van der Waals surface area (Å²) in [5.41, 5.74) is 0.476. The van der Waals surface area contributed by atoms with Gasteiger partial charge in [0.25, 0.3) is 0 Å². The Morgan fingerprint density at radius 3 is 2.43 bits per heavy atom. The molecule has 1 aromatic carbocycles. The monoisotopic (exact) mass is 212 g/mol. The highest BCUT2D eigenvalue weighted by atomic mass is 35.5. The molecular weight excluding hydrogens is 204 g/mol. The summed E-state index contributed by atoms with van der Waals surface area (Å²) in [7, 11) is 1.45. The molecule has 0 unspecified atom stereocenters. The zero-order chi connectivity index (χ0) is 10.6. The number of rotatable bonds is 2. The summed E-state index contributed by atoms with van der Waals surface area (Å²) in [4.78, 5) is 22.8. The predicted octanol–water partition coefficient (Wildman–Crippen LogP) is 1.64. The molecule has 14 heavy (non-hydrogen) atoms. The standard InChI is InChI=1S/C9H9ClN2O2/c1-11-9(14)12(6-13)8-4-2-7(10)3-5-8/h2-6H,1H3,(H,11,14). The lowest BCUT2D eigenvalue weighted by Gasteiger charge is -2.14. The summed E-state index contributed by atoms with van der Waals surface area (Å²) < 4.78 is 0. The van der Waals surface area contributed by atoms with Crippen LogP contribution in [0.25, 0.3) is 0 Å². The van der Waals surface area contributed by atoms with Gasteiger partial charge in [0.1, 0.15) is 0 Å². The molecule has 1 N–H and O–H groups in total. The average Bonchev–Trinajstić information content (AvgIpc) is 2.21. The van der Waals surface area contributed by atoms with E-state index < -0.39 is 6.03 Å². The molecule has 3 amide bonds. The van der Waals surface area contributed by atoms with Gasteiger partial charge >= 0.3 is 6.03 Å². The van der Waals surface area contributed by atoms with Crippen molar-refractivity contribution < 1.29 is 9.59 Å². The number of anilines is 1. The van der Waals surface area contributed by atoms with Gasteiger partial charge < -0.3 is 5.32 Å². The number of hydrogen-bond donors (Lipinski definition) is 1. The molecule has 0 atom stereocenters. The van der Waals surface area contributed by atoms with Gasteiger partial charge in [-0.3, -0.25) is 4.79 Å². The van der Waals surface area contributed by atoms with Gasteiger partial charge in [-0.1, -0.05) is 11.6 Å². The fraction of sp³-hybridized carbons (Fsp3) is 0.111. The number of benzene rings is 1.